The van der Waals surface area contributed by atoms with E-state index in [0.29, 0.717) is 16.1 Å². The van der Waals surface area contributed by atoms with Crippen LogP contribution in [0.2, 0.25) is 0 Å². The van der Waals surface area contributed by atoms with Crippen molar-refractivity contribution in [3.05, 3.63) is 53.0 Å². The monoisotopic (exact) mass is 271 g/mol. The zero-order chi connectivity index (χ0) is 13.4. The summed E-state index contributed by atoms with van der Waals surface area (Å²) >= 11 is 1.24. The van der Waals surface area contributed by atoms with Crippen LogP contribution in [0, 0.1) is 0 Å². The molecule has 19 heavy (non-hydrogen) atoms. The van der Waals surface area contributed by atoms with E-state index in [1.165, 1.54) is 29.5 Å². The van der Waals surface area contributed by atoms with Gasteiger partial charge >= 0.3 is 0 Å². The molecule has 5 heteroatoms. The summed E-state index contributed by atoms with van der Waals surface area (Å²) in [5, 5.41) is 19.2. The Morgan fingerprint density at radius 3 is 2.47 bits per heavy atom. The van der Waals surface area contributed by atoms with Crippen LogP contribution < -0.4 is 0 Å². The Morgan fingerprint density at radius 2 is 1.79 bits per heavy atom. The zero-order valence-electron chi connectivity index (χ0n) is 9.70. The van der Waals surface area contributed by atoms with E-state index in [4.69, 9.17) is 0 Å². The van der Waals surface area contributed by atoms with Crippen molar-refractivity contribution in [2.75, 3.05) is 0 Å². The lowest BCUT2D eigenvalue weighted by Gasteiger charge is -1.96. The molecule has 0 saturated carbocycles. The molecule has 3 aromatic rings. The van der Waals surface area contributed by atoms with E-state index in [1.54, 1.807) is 24.3 Å². The lowest BCUT2D eigenvalue weighted by Crippen LogP contribution is -1.99. The van der Waals surface area contributed by atoms with Crippen LogP contribution in [0.3, 0.4) is 0 Å². The SMILES string of the molecule is O=C(c1ccc(O)cc1)c1nc2c(O)cccc2s1. The summed E-state index contributed by atoms with van der Waals surface area (Å²) in [4.78, 5) is 16.4. The van der Waals surface area contributed by atoms with Gasteiger partial charge in [0.05, 0.1) is 4.70 Å². The van der Waals surface area contributed by atoms with Gasteiger partial charge in [-0.15, -0.1) is 11.3 Å². The Morgan fingerprint density at radius 1 is 1.05 bits per heavy atom. The number of rotatable bonds is 2. The molecule has 0 unspecified atom stereocenters. The summed E-state index contributed by atoms with van der Waals surface area (Å²) in [5.74, 6) is -0.0439. The van der Waals surface area contributed by atoms with Gasteiger partial charge in [-0.25, -0.2) is 4.98 Å². The van der Waals surface area contributed by atoms with Crippen LogP contribution in [0.1, 0.15) is 15.4 Å². The van der Waals surface area contributed by atoms with Gasteiger partial charge in [-0.2, -0.15) is 0 Å². The quantitative estimate of drug-likeness (QED) is 0.703. The van der Waals surface area contributed by atoms with E-state index < -0.39 is 0 Å². The minimum atomic E-state index is -0.222. The Labute approximate surface area is 112 Å². The zero-order valence-corrected chi connectivity index (χ0v) is 10.5. The van der Waals surface area contributed by atoms with Crippen molar-refractivity contribution in [3.8, 4) is 11.5 Å². The molecule has 0 radical (unpaired) electrons. The number of hydrogen-bond acceptors (Lipinski definition) is 5. The Bertz CT molecular complexity index is 762. The van der Waals surface area contributed by atoms with Crippen LogP contribution in [0.15, 0.2) is 42.5 Å². The largest absolute Gasteiger partial charge is 0.508 e. The van der Waals surface area contributed by atoms with Crippen LogP contribution >= 0.6 is 11.3 Å². The molecular formula is C14H9NO3S. The summed E-state index contributed by atoms with van der Waals surface area (Å²) in [6.07, 6.45) is 0. The van der Waals surface area contributed by atoms with Gasteiger partial charge < -0.3 is 10.2 Å². The molecule has 3 rings (SSSR count). The maximum atomic E-state index is 12.2. The number of hydrogen-bond donors (Lipinski definition) is 2. The molecule has 0 atom stereocenters. The number of ketones is 1. The first kappa shape index (κ1) is 11.7. The van der Waals surface area contributed by atoms with Crippen molar-refractivity contribution in [2.45, 2.75) is 0 Å². The van der Waals surface area contributed by atoms with Crippen molar-refractivity contribution in [1.29, 1.82) is 0 Å². The molecular weight excluding hydrogens is 262 g/mol. The van der Waals surface area contributed by atoms with E-state index >= 15 is 0 Å². The lowest BCUT2D eigenvalue weighted by atomic mass is 10.1. The molecule has 0 aliphatic carbocycles. The average molecular weight is 271 g/mol. The molecule has 2 aromatic carbocycles. The van der Waals surface area contributed by atoms with Crippen molar-refractivity contribution in [1.82, 2.24) is 4.98 Å². The first-order valence-electron chi connectivity index (χ1n) is 5.57. The van der Waals surface area contributed by atoms with Crippen LogP contribution in [0.25, 0.3) is 10.2 Å². The summed E-state index contributed by atoms with van der Waals surface area (Å²) < 4.78 is 0.766. The number of phenolic OH excluding ortho intramolecular Hbond substituents is 2. The lowest BCUT2D eigenvalue weighted by molar-refractivity contribution is 0.103. The molecule has 0 aliphatic heterocycles. The second-order valence-corrected chi connectivity index (χ2v) is 5.05. The molecule has 1 aromatic heterocycles. The highest BCUT2D eigenvalue weighted by Gasteiger charge is 2.15. The smallest absolute Gasteiger partial charge is 0.221 e. The fourth-order valence-corrected chi connectivity index (χ4v) is 2.72. The second kappa shape index (κ2) is 4.37. The third kappa shape index (κ3) is 2.04. The van der Waals surface area contributed by atoms with E-state index in [-0.39, 0.29) is 17.3 Å². The van der Waals surface area contributed by atoms with E-state index in [9.17, 15) is 15.0 Å². The number of phenols is 2. The minimum absolute atomic E-state index is 0.0681. The third-order valence-corrected chi connectivity index (χ3v) is 3.74. The van der Waals surface area contributed by atoms with Crippen molar-refractivity contribution in [2.24, 2.45) is 0 Å². The first-order valence-corrected chi connectivity index (χ1v) is 6.39. The van der Waals surface area contributed by atoms with Crippen LogP contribution in [0.5, 0.6) is 11.5 Å². The Balaban J connectivity index is 2.06. The molecule has 1 heterocycles. The number of fused-ring (bicyclic) bond motifs is 1. The van der Waals surface area contributed by atoms with Crippen LogP contribution in [0.4, 0.5) is 0 Å². The van der Waals surface area contributed by atoms with Gasteiger partial charge in [0.15, 0.2) is 5.01 Å². The summed E-state index contributed by atoms with van der Waals surface area (Å²) in [6.45, 7) is 0. The topological polar surface area (TPSA) is 70.4 Å². The molecule has 0 saturated heterocycles. The van der Waals surface area contributed by atoms with Gasteiger partial charge in [0.25, 0.3) is 0 Å². The van der Waals surface area contributed by atoms with Gasteiger partial charge in [0, 0.05) is 5.56 Å². The maximum absolute atomic E-state index is 12.2. The highest BCUT2D eigenvalue weighted by atomic mass is 32.1. The number of aromatic nitrogens is 1. The molecule has 4 nitrogen and oxygen atoms in total. The number of para-hydroxylation sites is 1. The fourth-order valence-electron chi connectivity index (χ4n) is 1.77. The number of carbonyl (C=O) groups is 1. The van der Waals surface area contributed by atoms with Gasteiger partial charge in [-0.3, -0.25) is 4.79 Å². The average Bonchev–Trinajstić information content (AvgIpc) is 2.84. The normalized spacial score (nSPS) is 10.7. The fraction of sp³-hybridized carbons (Fsp3) is 0. The molecule has 2 N–H and O–H groups in total. The maximum Gasteiger partial charge on any atom is 0.221 e. The predicted octanol–water partition coefficient (Wildman–Crippen LogP) is 2.94. The Hall–Kier alpha value is -2.40. The second-order valence-electron chi connectivity index (χ2n) is 4.02. The number of benzene rings is 2. The standard InChI is InChI=1S/C14H9NO3S/c16-9-6-4-8(5-7-9)13(18)14-15-12-10(17)2-1-3-11(12)19-14/h1-7,16-17H. The van der Waals surface area contributed by atoms with Gasteiger partial charge in [-0.1, -0.05) is 6.07 Å². The molecule has 0 aliphatic rings. The molecule has 94 valence electrons. The summed E-state index contributed by atoms with van der Waals surface area (Å²) in [6, 6.07) is 11.1. The van der Waals surface area contributed by atoms with Crippen molar-refractivity contribution >= 4 is 27.3 Å². The van der Waals surface area contributed by atoms with Crippen molar-refractivity contribution in [3.63, 3.8) is 0 Å². The van der Waals surface area contributed by atoms with E-state index in [1.807, 2.05) is 0 Å². The van der Waals surface area contributed by atoms with Crippen LogP contribution in [-0.4, -0.2) is 21.0 Å². The van der Waals surface area contributed by atoms with E-state index in [2.05, 4.69) is 4.98 Å². The highest BCUT2D eigenvalue weighted by Crippen LogP contribution is 2.29. The minimum Gasteiger partial charge on any atom is -0.508 e. The summed E-state index contributed by atoms with van der Waals surface area (Å²) in [5.41, 5.74) is 0.894. The van der Waals surface area contributed by atoms with Gasteiger partial charge in [-0.05, 0) is 36.4 Å². The summed E-state index contributed by atoms with van der Waals surface area (Å²) in [7, 11) is 0. The molecule has 0 amide bonds. The highest BCUT2D eigenvalue weighted by molar-refractivity contribution is 7.20. The molecule has 0 spiro atoms. The first-order chi connectivity index (χ1) is 9.15. The number of thiazole rings is 1. The molecule has 0 fully saturated rings. The van der Waals surface area contributed by atoms with Gasteiger partial charge in [0.2, 0.25) is 5.78 Å². The predicted molar refractivity (Wildman–Crippen MR) is 72.8 cm³/mol. The van der Waals surface area contributed by atoms with Crippen molar-refractivity contribution < 1.29 is 15.0 Å². The van der Waals surface area contributed by atoms with Crippen LogP contribution in [-0.2, 0) is 0 Å². The molecule has 0 bridgehead atoms. The van der Waals surface area contributed by atoms with E-state index in [0.717, 1.165) is 4.70 Å². The Kier molecular flexibility index (Phi) is 2.68. The van der Waals surface area contributed by atoms with Gasteiger partial charge in [0.1, 0.15) is 17.0 Å². The number of aromatic hydroxyl groups is 2. The number of nitrogens with zero attached hydrogens (tertiary/aromatic N) is 1. The number of carbonyl (C=O) groups excluding carboxylic acids is 1. The third-order valence-electron chi connectivity index (χ3n) is 2.72.